The summed E-state index contributed by atoms with van der Waals surface area (Å²) in [4.78, 5) is 24.8. The van der Waals surface area contributed by atoms with Crippen LogP contribution in [0.4, 0.5) is 10.9 Å². The Kier molecular flexibility index (Phi) is 3.74. The number of pyridine rings is 1. The summed E-state index contributed by atoms with van der Waals surface area (Å²) in [5.41, 5.74) is 0.169. The van der Waals surface area contributed by atoms with Gasteiger partial charge in [0.05, 0.1) is 0 Å². The Bertz CT molecular complexity index is 636. The van der Waals surface area contributed by atoms with E-state index in [2.05, 4.69) is 19.8 Å². The van der Waals surface area contributed by atoms with E-state index in [1.54, 1.807) is 13.1 Å². The zero-order chi connectivity index (χ0) is 14.8. The number of anilines is 2. The van der Waals surface area contributed by atoms with Gasteiger partial charge in [0.1, 0.15) is 5.82 Å². The first kappa shape index (κ1) is 13.8. The van der Waals surface area contributed by atoms with Gasteiger partial charge in [-0.2, -0.15) is 0 Å². The summed E-state index contributed by atoms with van der Waals surface area (Å²) in [5, 5.41) is 9.87. The van der Waals surface area contributed by atoms with E-state index in [1.165, 1.54) is 11.3 Å². The number of aromatic nitrogens is 2. The molecule has 3 heterocycles. The normalized spacial score (nSPS) is 15.3. The molecule has 0 saturated carbocycles. The van der Waals surface area contributed by atoms with Crippen molar-refractivity contribution >= 4 is 28.3 Å². The molecule has 0 bridgehead atoms. The predicted molar refractivity (Wildman–Crippen MR) is 82.5 cm³/mol. The number of carboxylic acid groups (broad SMARTS) is 1. The van der Waals surface area contributed by atoms with E-state index in [4.69, 9.17) is 5.11 Å². The lowest BCUT2D eigenvalue weighted by Gasteiger charge is -2.35. The lowest BCUT2D eigenvalue weighted by atomic mass is 10.3. The minimum Gasteiger partial charge on any atom is -0.476 e. The average molecular weight is 304 g/mol. The largest absolute Gasteiger partial charge is 0.476 e. The summed E-state index contributed by atoms with van der Waals surface area (Å²) in [7, 11) is 0. The third-order valence-electron chi connectivity index (χ3n) is 3.51. The summed E-state index contributed by atoms with van der Waals surface area (Å²) in [6.07, 6.45) is 1.80. The maximum absolute atomic E-state index is 11.1. The van der Waals surface area contributed by atoms with Crippen molar-refractivity contribution in [3.8, 4) is 0 Å². The van der Waals surface area contributed by atoms with Gasteiger partial charge in [-0.15, -0.1) is 11.3 Å². The fourth-order valence-corrected chi connectivity index (χ4v) is 3.34. The summed E-state index contributed by atoms with van der Waals surface area (Å²) >= 11 is 1.45. The molecule has 3 rings (SSSR count). The van der Waals surface area contributed by atoms with Crippen LogP contribution in [0.2, 0.25) is 0 Å². The molecule has 0 unspecified atom stereocenters. The summed E-state index contributed by atoms with van der Waals surface area (Å²) in [5.74, 6) is 0.0285. The number of nitrogens with zero attached hydrogens (tertiary/aromatic N) is 4. The number of hydrogen-bond donors (Lipinski definition) is 1. The molecule has 6 nitrogen and oxygen atoms in total. The van der Waals surface area contributed by atoms with E-state index in [9.17, 15) is 4.79 Å². The molecular formula is C14H16N4O2S. The van der Waals surface area contributed by atoms with Gasteiger partial charge in [-0.25, -0.2) is 14.8 Å². The molecule has 0 atom stereocenters. The lowest BCUT2D eigenvalue weighted by Crippen LogP contribution is -2.46. The van der Waals surface area contributed by atoms with Crippen LogP contribution in [0.1, 0.15) is 15.4 Å². The molecule has 1 saturated heterocycles. The molecule has 1 aliphatic heterocycles. The molecule has 0 radical (unpaired) electrons. The van der Waals surface area contributed by atoms with Gasteiger partial charge in [0.2, 0.25) is 0 Å². The van der Waals surface area contributed by atoms with Crippen molar-refractivity contribution in [2.75, 3.05) is 36.0 Å². The van der Waals surface area contributed by atoms with Crippen LogP contribution in [-0.2, 0) is 0 Å². The van der Waals surface area contributed by atoms with E-state index in [0.717, 1.165) is 42.0 Å². The summed E-state index contributed by atoms with van der Waals surface area (Å²) in [6.45, 7) is 5.16. The molecule has 0 amide bonds. The second kappa shape index (κ2) is 5.69. The average Bonchev–Trinajstić information content (AvgIpc) is 2.90. The van der Waals surface area contributed by atoms with Crippen molar-refractivity contribution < 1.29 is 9.90 Å². The first-order chi connectivity index (χ1) is 10.1. The monoisotopic (exact) mass is 304 g/mol. The van der Waals surface area contributed by atoms with Gasteiger partial charge < -0.3 is 14.9 Å². The minimum atomic E-state index is -0.956. The molecule has 2 aromatic heterocycles. The van der Waals surface area contributed by atoms with Crippen molar-refractivity contribution in [2.24, 2.45) is 0 Å². The lowest BCUT2D eigenvalue weighted by molar-refractivity contribution is 0.0690. The number of aryl methyl sites for hydroxylation is 1. The number of aromatic carboxylic acids is 1. The third-order valence-corrected chi connectivity index (χ3v) is 4.54. The van der Waals surface area contributed by atoms with E-state index in [0.29, 0.717) is 0 Å². The van der Waals surface area contributed by atoms with Crippen LogP contribution >= 0.6 is 11.3 Å². The zero-order valence-corrected chi connectivity index (χ0v) is 12.5. The van der Waals surface area contributed by atoms with Gasteiger partial charge >= 0.3 is 5.97 Å². The molecule has 0 spiro atoms. The maximum Gasteiger partial charge on any atom is 0.355 e. The van der Waals surface area contributed by atoms with Crippen LogP contribution in [0.15, 0.2) is 24.4 Å². The standard InChI is InChI=1S/C14H16N4O2S/c1-10-12(13(19)20)16-14(21-10)18-8-6-17(7-9-18)11-4-2-3-5-15-11/h2-5H,6-9H2,1H3,(H,19,20). The topological polar surface area (TPSA) is 69.6 Å². The molecule has 0 aromatic carbocycles. The van der Waals surface area contributed by atoms with Gasteiger partial charge in [-0.05, 0) is 19.1 Å². The van der Waals surface area contributed by atoms with Gasteiger partial charge in [0, 0.05) is 37.3 Å². The van der Waals surface area contributed by atoms with E-state index in [1.807, 2.05) is 18.2 Å². The first-order valence-electron chi connectivity index (χ1n) is 6.77. The number of rotatable bonds is 3. The highest BCUT2D eigenvalue weighted by atomic mass is 32.1. The number of thiazole rings is 1. The predicted octanol–water partition coefficient (Wildman–Crippen LogP) is 1.87. The van der Waals surface area contributed by atoms with Gasteiger partial charge in [-0.1, -0.05) is 6.07 Å². The Labute approximate surface area is 126 Å². The Morgan fingerprint density at radius 1 is 1.24 bits per heavy atom. The van der Waals surface area contributed by atoms with E-state index in [-0.39, 0.29) is 5.69 Å². The maximum atomic E-state index is 11.1. The smallest absolute Gasteiger partial charge is 0.355 e. The van der Waals surface area contributed by atoms with Crippen LogP contribution in [0.5, 0.6) is 0 Å². The SMILES string of the molecule is Cc1sc(N2CCN(c3ccccn3)CC2)nc1C(=O)O. The molecular weight excluding hydrogens is 288 g/mol. The van der Waals surface area contributed by atoms with Gasteiger partial charge in [0.15, 0.2) is 10.8 Å². The van der Waals surface area contributed by atoms with Crippen molar-refractivity contribution in [2.45, 2.75) is 6.92 Å². The number of carbonyl (C=O) groups is 1. The second-order valence-electron chi connectivity index (χ2n) is 4.87. The Balaban J connectivity index is 1.68. The molecule has 1 fully saturated rings. The van der Waals surface area contributed by atoms with Crippen LogP contribution in [-0.4, -0.2) is 47.2 Å². The fraction of sp³-hybridized carbons (Fsp3) is 0.357. The van der Waals surface area contributed by atoms with Crippen molar-refractivity contribution in [1.29, 1.82) is 0 Å². The van der Waals surface area contributed by atoms with Crippen molar-refractivity contribution in [3.63, 3.8) is 0 Å². The fourth-order valence-electron chi connectivity index (χ4n) is 2.38. The van der Waals surface area contributed by atoms with Crippen LogP contribution < -0.4 is 9.80 Å². The highest BCUT2D eigenvalue weighted by molar-refractivity contribution is 7.15. The molecule has 2 aromatic rings. The number of carboxylic acids is 1. The van der Waals surface area contributed by atoms with Crippen molar-refractivity contribution in [1.82, 2.24) is 9.97 Å². The second-order valence-corrected chi connectivity index (χ2v) is 6.05. The van der Waals surface area contributed by atoms with Crippen LogP contribution in [0.25, 0.3) is 0 Å². The highest BCUT2D eigenvalue weighted by Gasteiger charge is 2.22. The zero-order valence-electron chi connectivity index (χ0n) is 11.7. The van der Waals surface area contributed by atoms with E-state index < -0.39 is 5.97 Å². The molecule has 1 aliphatic rings. The van der Waals surface area contributed by atoms with Gasteiger partial charge in [-0.3, -0.25) is 0 Å². The van der Waals surface area contributed by atoms with Crippen LogP contribution in [0, 0.1) is 6.92 Å². The summed E-state index contributed by atoms with van der Waals surface area (Å²) < 4.78 is 0. The molecule has 21 heavy (non-hydrogen) atoms. The summed E-state index contributed by atoms with van der Waals surface area (Å²) in [6, 6.07) is 5.90. The Morgan fingerprint density at radius 3 is 2.52 bits per heavy atom. The number of piperazine rings is 1. The molecule has 110 valence electrons. The van der Waals surface area contributed by atoms with Crippen LogP contribution in [0.3, 0.4) is 0 Å². The van der Waals surface area contributed by atoms with Crippen molar-refractivity contribution in [3.05, 3.63) is 35.0 Å². The minimum absolute atomic E-state index is 0.169. The van der Waals surface area contributed by atoms with Gasteiger partial charge in [0.25, 0.3) is 0 Å². The Morgan fingerprint density at radius 2 is 1.95 bits per heavy atom. The molecule has 1 N–H and O–H groups in total. The highest BCUT2D eigenvalue weighted by Crippen LogP contribution is 2.27. The first-order valence-corrected chi connectivity index (χ1v) is 7.58. The number of hydrogen-bond acceptors (Lipinski definition) is 6. The quantitative estimate of drug-likeness (QED) is 0.933. The Hall–Kier alpha value is -2.15. The third kappa shape index (κ3) is 2.82. The van der Waals surface area contributed by atoms with E-state index >= 15 is 0 Å². The molecule has 0 aliphatic carbocycles. The molecule has 7 heteroatoms.